The van der Waals surface area contributed by atoms with Crippen LogP contribution in [-0.2, 0) is 8.85 Å². The van der Waals surface area contributed by atoms with Crippen LogP contribution in [0.1, 0.15) is 20.3 Å². The summed E-state index contributed by atoms with van der Waals surface area (Å²) in [6.45, 7) is 5.55. The molecular weight excluding hydrogens is 212 g/mol. The van der Waals surface area contributed by atoms with Crippen molar-refractivity contribution in [3.63, 3.8) is 0 Å². The van der Waals surface area contributed by atoms with Gasteiger partial charge >= 0.3 is 10.0 Å². The van der Waals surface area contributed by atoms with E-state index < -0.39 is 10.0 Å². The minimum absolute atomic E-state index is 0.589. The van der Waals surface area contributed by atoms with Crippen LogP contribution >= 0.6 is 24.2 Å². The second kappa shape index (κ2) is 17.8. The van der Waals surface area contributed by atoms with E-state index in [1.54, 1.807) is 0 Å². The van der Waals surface area contributed by atoms with Gasteiger partial charge in [0.15, 0.2) is 0 Å². The average Bonchev–Trinajstić information content (AvgIpc) is 2.08. The molecule has 12 heavy (non-hydrogen) atoms. The Morgan fingerprint density at radius 1 is 1.25 bits per heavy atom. The standard InChI is InChI=1S/C4H12O2Si.C3H7ClS/c1-3-5-7-6-4-2;4-2-1-3-5/h3-4,7H2,1-2H3;5H,1-3H2. The SMILES string of the molecule is CCO[SiH2]OCC.SCCCCl. The molecule has 0 spiro atoms. The third kappa shape index (κ3) is 22.4. The molecule has 0 radical (unpaired) electrons. The Balaban J connectivity index is 0. The van der Waals surface area contributed by atoms with Crippen molar-refractivity contribution in [1.29, 1.82) is 0 Å². The maximum absolute atomic E-state index is 5.25. The van der Waals surface area contributed by atoms with Crippen molar-refractivity contribution in [3.05, 3.63) is 0 Å². The van der Waals surface area contributed by atoms with Crippen LogP contribution in [0.25, 0.3) is 0 Å². The van der Waals surface area contributed by atoms with E-state index >= 15 is 0 Å². The topological polar surface area (TPSA) is 18.5 Å². The molecule has 0 amide bonds. The van der Waals surface area contributed by atoms with Crippen molar-refractivity contribution in [3.8, 4) is 0 Å². The minimum Gasteiger partial charge on any atom is -0.399 e. The van der Waals surface area contributed by atoms with Gasteiger partial charge in [0, 0.05) is 19.1 Å². The van der Waals surface area contributed by atoms with Gasteiger partial charge in [-0.2, -0.15) is 12.6 Å². The summed E-state index contributed by atoms with van der Waals surface area (Å²) in [4.78, 5) is 0. The molecule has 0 saturated carbocycles. The maximum atomic E-state index is 5.25. The fourth-order valence-electron chi connectivity index (χ4n) is 0.285. The molecular formula is C7H19ClO2SSi. The number of rotatable bonds is 6. The number of hydrogen-bond acceptors (Lipinski definition) is 3. The first-order valence-corrected chi connectivity index (χ1v) is 6.47. The summed E-state index contributed by atoms with van der Waals surface area (Å²) in [5.41, 5.74) is 0. The van der Waals surface area contributed by atoms with Crippen LogP contribution < -0.4 is 0 Å². The van der Waals surface area contributed by atoms with Crippen LogP contribution in [0.15, 0.2) is 0 Å². The normalized spacial score (nSPS) is 9.00. The second-order valence-electron chi connectivity index (χ2n) is 1.87. The van der Waals surface area contributed by atoms with Gasteiger partial charge in [-0.05, 0) is 26.0 Å². The average molecular weight is 231 g/mol. The lowest BCUT2D eigenvalue weighted by Gasteiger charge is -1.96. The largest absolute Gasteiger partial charge is 0.399 e. The van der Waals surface area contributed by atoms with Crippen molar-refractivity contribution in [2.75, 3.05) is 24.8 Å². The van der Waals surface area contributed by atoms with Gasteiger partial charge in [-0.3, -0.25) is 0 Å². The number of halogens is 1. The van der Waals surface area contributed by atoms with Crippen LogP contribution in [0.5, 0.6) is 0 Å². The molecule has 0 atom stereocenters. The first-order chi connectivity index (χ1) is 5.83. The number of alkyl halides is 1. The number of hydrogen-bond donors (Lipinski definition) is 1. The predicted octanol–water partition coefficient (Wildman–Crippen LogP) is 1.60. The fourth-order valence-corrected chi connectivity index (χ4v) is 1.21. The summed E-state index contributed by atoms with van der Waals surface area (Å²) in [5.74, 6) is 1.65. The third-order valence-electron chi connectivity index (χ3n) is 0.867. The molecule has 0 aromatic heterocycles. The minimum atomic E-state index is -0.589. The highest BCUT2D eigenvalue weighted by atomic mass is 35.5. The fraction of sp³-hybridized carbons (Fsp3) is 1.00. The van der Waals surface area contributed by atoms with Gasteiger partial charge in [0.05, 0.1) is 0 Å². The molecule has 0 aromatic carbocycles. The second-order valence-corrected chi connectivity index (χ2v) is 3.75. The zero-order valence-corrected chi connectivity index (χ0v) is 10.9. The summed E-state index contributed by atoms with van der Waals surface area (Å²) in [7, 11) is -0.589. The van der Waals surface area contributed by atoms with Crippen molar-refractivity contribution < 1.29 is 8.85 Å². The molecule has 0 aliphatic heterocycles. The molecule has 0 fully saturated rings. The van der Waals surface area contributed by atoms with Gasteiger partial charge in [0.25, 0.3) is 0 Å². The summed E-state index contributed by atoms with van der Waals surface area (Å²) in [6.07, 6.45) is 1.02. The molecule has 0 heterocycles. The Labute approximate surface area is 88.4 Å². The van der Waals surface area contributed by atoms with E-state index in [4.69, 9.17) is 20.5 Å². The molecule has 0 aliphatic carbocycles. The zero-order chi connectivity index (χ0) is 9.66. The highest BCUT2D eigenvalue weighted by molar-refractivity contribution is 7.80. The van der Waals surface area contributed by atoms with Gasteiger partial charge in [-0.1, -0.05) is 0 Å². The van der Waals surface area contributed by atoms with Gasteiger partial charge in [-0.15, -0.1) is 11.6 Å². The lowest BCUT2D eigenvalue weighted by atomic mass is 10.6. The van der Waals surface area contributed by atoms with Crippen molar-refractivity contribution in [1.82, 2.24) is 0 Å². The first kappa shape index (κ1) is 15.3. The maximum Gasteiger partial charge on any atom is 0.304 e. The van der Waals surface area contributed by atoms with Crippen molar-refractivity contribution in [2.45, 2.75) is 20.3 Å². The van der Waals surface area contributed by atoms with Gasteiger partial charge in [0.2, 0.25) is 0 Å². The lowest BCUT2D eigenvalue weighted by molar-refractivity contribution is 0.240. The quantitative estimate of drug-likeness (QED) is 0.324. The number of thiol groups is 1. The van der Waals surface area contributed by atoms with Gasteiger partial charge < -0.3 is 8.85 Å². The van der Waals surface area contributed by atoms with E-state index in [1.807, 2.05) is 13.8 Å². The summed E-state index contributed by atoms with van der Waals surface area (Å²) in [5, 5.41) is 0. The molecule has 0 N–H and O–H groups in total. The Bertz CT molecular complexity index is 63.4. The van der Waals surface area contributed by atoms with E-state index in [1.165, 1.54) is 0 Å². The summed E-state index contributed by atoms with van der Waals surface area (Å²) < 4.78 is 9.98. The van der Waals surface area contributed by atoms with Crippen LogP contribution in [0.4, 0.5) is 0 Å². The molecule has 0 aromatic rings. The van der Waals surface area contributed by atoms with Gasteiger partial charge in [-0.25, -0.2) is 0 Å². The van der Waals surface area contributed by atoms with E-state index in [-0.39, 0.29) is 0 Å². The molecule has 0 rings (SSSR count). The van der Waals surface area contributed by atoms with Crippen molar-refractivity contribution >= 4 is 34.2 Å². The molecule has 0 saturated heterocycles. The molecule has 5 heteroatoms. The summed E-state index contributed by atoms with van der Waals surface area (Å²) >= 11 is 9.17. The van der Waals surface area contributed by atoms with Crippen LogP contribution in [0.2, 0.25) is 0 Å². The van der Waals surface area contributed by atoms with E-state index in [9.17, 15) is 0 Å². The Hall–Kier alpha value is 0.777. The van der Waals surface area contributed by atoms with Crippen LogP contribution in [0, 0.1) is 0 Å². The molecule has 0 aliphatic rings. The highest BCUT2D eigenvalue weighted by Gasteiger charge is 1.79. The smallest absolute Gasteiger partial charge is 0.304 e. The van der Waals surface area contributed by atoms with E-state index in [0.29, 0.717) is 0 Å². The van der Waals surface area contributed by atoms with E-state index in [2.05, 4.69) is 12.6 Å². The molecule has 2 nitrogen and oxygen atoms in total. The van der Waals surface area contributed by atoms with Crippen molar-refractivity contribution in [2.24, 2.45) is 0 Å². The van der Waals surface area contributed by atoms with E-state index in [0.717, 1.165) is 31.3 Å². The monoisotopic (exact) mass is 230 g/mol. The molecule has 0 unspecified atom stereocenters. The zero-order valence-electron chi connectivity index (χ0n) is 7.88. The first-order valence-electron chi connectivity index (χ1n) is 4.15. The Kier molecular flexibility index (Phi) is 22.6. The van der Waals surface area contributed by atoms with Gasteiger partial charge in [0.1, 0.15) is 0 Å². The molecule has 0 bridgehead atoms. The lowest BCUT2D eigenvalue weighted by Crippen LogP contribution is -2.02. The van der Waals surface area contributed by atoms with Crippen LogP contribution in [0.3, 0.4) is 0 Å². The Morgan fingerprint density at radius 3 is 1.92 bits per heavy atom. The predicted molar refractivity (Wildman–Crippen MR) is 61.0 cm³/mol. The summed E-state index contributed by atoms with van der Waals surface area (Å²) in [6, 6.07) is 0. The third-order valence-corrected chi connectivity index (χ3v) is 2.60. The Morgan fingerprint density at radius 2 is 1.75 bits per heavy atom. The van der Waals surface area contributed by atoms with Crippen LogP contribution in [-0.4, -0.2) is 34.9 Å². The highest BCUT2D eigenvalue weighted by Crippen LogP contribution is 1.84. The molecule has 76 valence electrons.